The number of ether oxygens (including phenoxy) is 1. The minimum Gasteiger partial charge on any atom is -0.497 e. The van der Waals surface area contributed by atoms with Crippen molar-refractivity contribution in [2.24, 2.45) is 5.92 Å². The smallest absolute Gasteiger partial charge is 0.319 e. The predicted molar refractivity (Wildman–Crippen MR) is 114 cm³/mol. The van der Waals surface area contributed by atoms with E-state index in [2.05, 4.69) is 10.6 Å². The van der Waals surface area contributed by atoms with E-state index < -0.39 is 0 Å². The molecule has 154 valence electrons. The summed E-state index contributed by atoms with van der Waals surface area (Å²) in [6.07, 6.45) is 2.33. The predicted octanol–water partition coefficient (Wildman–Crippen LogP) is 3.61. The Hall–Kier alpha value is -3.02. The molecule has 0 radical (unpaired) electrons. The van der Waals surface area contributed by atoms with Crippen molar-refractivity contribution in [1.82, 2.24) is 10.2 Å². The molecule has 1 atom stereocenters. The molecular weight excluding hydrogens is 366 g/mol. The van der Waals surface area contributed by atoms with Crippen LogP contribution in [0.4, 0.5) is 10.5 Å². The van der Waals surface area contributed by atoms with Crippen LogP contribution in [0.2, 0.25) is 0 Å². The highest BCUT2D eigenvalue weighted by atomic mass is 16.5. The number of likely N-dealkylation sites (tertiary alicyclic amines) is 1. The number of urea groups is 1. The Morgan fingerprint density at radius 3 is 2.72 bits per heavy atom. The van der Waals surface area contributed by atoms with Gasteiger partial charge in [-0.3, -0.25) is 4.79 Å². The number of benzene rings is 2. The molecule has 0 aromatic heterocycles. The lowest BCUT2D eigenvalue weighted by atomic mass is 9.97. The number of amides is 3. The average Bonchev–Trinajstić information content (AvgIpc) is 2.74. The summed E-state index contributed by atoms with van der Waals surface area (Å²) in [5, 5.41) is 5.78. The number of methoxy groups -OCH3 is 1. The van der Waals surface area contributed by atoms with E-state index in [1.54, 1.807) is 7.11 Å². The molecule has 1 aliphatic heterocycles. The van der Waals surface area contributed by atoms with E-state index in [9.17, 15) is 9.59 Å². The molecule has 6 nitrogen and oxygen atoms in total. The fourth-order valence-electron chi connectivity index (χ4n) is 3.58. The van der Waals surface area contributed by atoms with Crippen LogP contribution in [0.1, 0.15) is 24.0 Å². The van der Waals surface area contributed by atoms with Crippen LogP contribution < -0.4 is 15.4 Å². The van der Waals surface area contributed by atoms with Crippen LogP contribution in [0.5, 0.6) is 5.75 Å². The number of aryl methyl sites for hydroxylation is 1. The molecular formula is C23H29N3O3. The van der Waals surface area contributed by atoms with Gasteiger partial charge in [-0.2, -0.15) is 0 Å². The van der Waals surface area contributed by atoms with E-state index in [0.29, 0.717) is 19.5 Å². The van der Waals surface area contributed by atoms with Crippen molar-refractivity contribution in [3.8, 4) is 5.75 Å². The van der Waals surface area contributed by atoms with Crippen molar-refractivity contribution in [2.75, 3.05) is 32.1 Å². The van der Waals surface area contributed by atoms with Gasteiger partial charge in [-0.25, -0.2) is 4.79 Å². The molecule has 2 aromatic rings. The number of rotatable bonds is 6. The summed E-state index contributed by atoms with van der Waals surface area (Å²) < 4.78 is 5.23. The van der Waals surface area contributed by atoms with Gasteiger partial charge in [-0.15, -0.1) is 0 Å². The number of anilines is 1. The highest BCUT2D eigenvalue weighted by Crippen LogP contribution is 2.19. The third-order valence-corrected chi connectivity index (χ3v) is 5.22. The minimum absolute atomic E-state index is 0.118. The standard InChI is InChI=1S/C23H29N3O3/c1-17-8-10-20(11-9-17)25-23(28)24-15-19-6-4-12-26(16-19)22(27)14-18-5-3-7-21(13-18)29-2/h3,5,7-11,13,19H,4,6,12,14-16H2,1-2H3,(H2,24,25,28). The van der Waals surface area contributed by atoms with Crippen LogP contribution in [0, 0.1) is 12.8 Å². The number of hydrogen-bond donors (Lipinski definition) is 2. The summed E-state index contributed by atoms with van der Waals surface area (Å²) >= 11 is 0. The molecule has 0 aliphatic carbocycles. The molecule has 3 rings (SSSR count). The number of hydrogen-bond acceptors (Lipinski definition) is 3. The van der Waals surface area contributed by atoms with Gasteiger partial charge >= 0.3 is 6.03 Å². The lowest BCUT2D eigenvalue weighted by Gasteiger charge is -2.33. The maximum absolute atomic E-state index is 12.7. The summed E-state index contributed by atoms with van der Waals surface area (Å²) in [7, 11) is 1.62. The Morgan fingerprint density at radius 1 is 1.17 bits per heavy atom. The lowest BCUT2D eigenvalue weighted by Crippen LogP contribution is -2.44. The Bertz CT molecular complexity index is 836. The molecule has 1 fully saturated rings. The minimum atomic E-state index is -0.214. The van der Waals surface area contributed by atoms with Gasteiger partial charge in [0.15, 0.2) is 0 Å². The second-order valence-electron chi connectivity index (χ2n) is 7.58. The zero-order chi connectivity index (χ0) is 20.6. The Morgan fingerprint density at radius 2 is 1.97 bits per heavy atom. The zero-order valence-electron chi connectivity index (χ0n) is 17.1. The monoisotopic (exact) mass is 395 g/mol. The van der Waals surface area contributed by atoms with Crippen molar-refractivity contribution in [2.45, 2.75) is 26.2 Å². The van der Waals surface area contributed by atoms with E-state index in [4.69, 9.17) is 4.74 Å². The first-order valence-electron chi connectivity index (χ1n) is 10.1. The summed E-state index contributed by atoms with van der Waals surface area (Å²) in [5.41, 5.74) is 2.87. The highest BCUT2D eigenvalue weighted by Gasteiger charge is 2.24. The molecule has 1 saturated heterocycles. The van der Waals surface area contributed by atoms with Crippen LogP contribution in [0.3, 0.4) is 0 Å². The first kappa shape index (κ1) is 20.7. The largest absolute Gasteiger partial charge is 0.497 e. The van der Waals surface area contributed by atoms with Crippen molar-refractivity contribution >= 4 is 17.6 Å². The Balaban J connectivity index is 1.46. The second kappa shape index (κ2) is 9.96. The van der Waals surface area contributed by atoms with Gasteiger partial charge in [0.25, 0.3) is 0 Å². The molecule has 0 spiro atoms. The molecule has 1 unspecified atom stereocenters. The summed E-state index contributed by atoms with van der Waals surface area (Å²) in [5.74, 6) is 1.14. The van der Waals surface area contributed by atoms with Gasteiger partial charge in [-0.1, -0.05) is 29.8 Å². The normalized spacial score (nSPS) is 16.2. The van der Waals surface area contributed by atoms with Crippen LogP contribution in [-0.2, 0) is 11.2 Å². The fourth-order valence-corrected chi connectivity index (χ4v) is 3.58. The molecule has 0 saturated carbocycles. The first-order chi connectivity index (χ1) is 14.0. The number of piperidine rings is 1. The van der Waals surface area contributed by atoms with Crippen molar-refractivity contribution in [3.05, 3.63) is 59.7 Å². The van der Waals surface area contributed by atoms with E-state index in [1.807, 2.05) is 60.4 Å². The number of carbonyl (C=O) groups is 2. The molecule has 2 aromatic carbocycles. The van der Waals surface area contributed by atoms with Gasteiger partial charge in [-0.05, 0) is 55.5 Å². The van der Waals surface area contributed by atoms with Crippen LogP contribution in [0.15, 0.2) is 48.5 Å². The summed E-state index contributed by atoms with van der Waals surface area (Å²) in [6.45, 7) is 4.01. The average molecular weight is 396 g/mol. The Kier molecular flexibility index (Phi) is 7.11. The summed E-state index contributed by atoms with van der Waals surface area (Å²) in [6, 6.07) is 15.1. The van der Waals surface area contributed by atoms with Gasteiger partial charge in [0, 0.05) is 25.3 Å². The SMILES string of the molecule is COc1cccc(CC(=O)N2CCCC(CNC(=O)Nc3ccc(C)cc3)C2)c1. The van der Waals surface area contributed by atoms with E-state index in [0.717, 1.165) is 42.0 Å². The van der Waals surface area contributed by atoms with E-state index >= 15 is 0 Å². The zero-order valence-corrected chi connectivity index (χ0v) is 17.1. The number of carbonyl (C=O) groups excluding carboxylic acids is 2. The van der Waals surface area contributed by atoms with Crippen molar-refractivity contribution in [3.63, 3.8) is 0 Å². The lowest BCUT2D eigenvalue weighted by molar-refractivity contribution is -0.132. The molecule has 3 amide bonds. The van der Waals surface area contributed by atoms with E-state index in [-0.39, 0.29) is 17.9 Å². The second-order valence-corrected chi connectivity index (χ2v) is 7.58. The molecule has 0 bridgehead atoms. The summed E-state index contributed by atoms with van der Waals surface area (Å²) in [4.78, 5) is 26.8. The first-order valence-corrected chi connectivity index (χ1v) is 10.1. The molecule has 1 heterocycles. The fraction of sp³-hybridized carbons (Fsp3) is 0.391. The highest BCUT2D eigenvalue weighted by molar-refractivity contribution is 5.89. The maximum Gasteiger partial charge on any atom is 0.319 e. The van der Waals surface area contributed by atoms with Gasteiger partial charge in [0.2, 0.25) is 5.91 Å². The molecule has 1 aliphatic rings. The van der Waals surface area contributed by atoms with Crippen LogP contribution >= 0.6 is 0 Å². The third-order valence-electron chi connectivity index (χ3n) is 5.22. The quantitative estimate of drug-likeness (QED) is 0.785. The molecule has 2 N–H and O–H groups in total. The van der Waals surface area contributed by atoms with Crippen molar-refractivity contribution in [1.29, 1.82) is 0 Å². The number of nitrogens with one attached hydrogen (secondary N) is 2. The Labute approximate surface area is 172 Å². The maximum atomic E-state index is 12.7. The third kappa shape index (κ3) is 6.24. The molecule has 29 heavy (non-hydrogen) atoms. The van der Waals surface area contributed by atoms with Gasteiger partial charge in [0.05, 0.1) is 13.5 Å². The van der Waals surface area contributed by atoms with Crippen molar-refractivity contribution < 1.29 is 14.3 Å². The van der Waals surface area contributed by atoms with Crippen LogP contribution in [-0.4, -0.2) is 43.6 Å². The van der Waals surface area contributed by atoms with Crippen LogP contribution in [0.25, 0.3) is 0 Å². The topological polar surface area (TPSA) is 70.7 Å². The van der Waals surface area contributed by atoms with Gasteiger partial charge in [0.1, 0.15) is 5.75 Å². The number of nitrogens with zero attached hydrogens (tertiary/aromatic N) is 1. The van der Waals surface area contributed by atoms with E-state index in [1.165, 1.54) is 0 Å². The van der Waals surface area contributed by atoms with Gasteiger partial charge < -0.3 is 20.3 Å². The molecule has 6 heteroatoms.